The summed E-state index contributed by atoms with van der Waals surface area (Å²) >= 11 is 0. The molecule has 1 atom stereocenters. The lowest BCUT2D eigenvalue weighted by molar-refractivity contribution is -0.123. The molecule has 0 aliphatic heterocycles. The molecule has 0 saturated heterocycles. The predicted octanol–water partition coefficient (Wildman–Crippen LogP) is 3.77. The Labute approximate surface area is 185 Å². The number of para-hydroxylation sites is 1. The molecule has 0 radical (unpaired) electrons. The number of aromatic nitrogens is 1. The van der Waals surface area contributed by atoms with Crippen molar-refractivity contribution in [2.45, 2.75) is 12.8 Å². The van der Waals surface area contributed by atoms with Gasteiger partial charge in [-0.05, 0) is 36.2 Å². The highest BCUT2D eigenvalue weighted by atomic mass is 16.5. The highest BCUT2D eigenvalue weighted by Gasteiger charge is 2.19. The van der Waals surface area contributed by atoms with Gasteiger partial charge in [0.15, 0.2) is 6.61 Å². The van der Waals surface area contributed by atoms with Gasteiger partial charge in [-0.15, -0.1) is 0 Å². The Hall–Kier alpha value is -4.00. The number of amides is 1. The number of ether oxygens (including phenoxy) is 2. The first kappa shape index (κ1) is 21.2. The van der Waals surface area contributed by atoms with Crippen molar-refractivity contribution in [3.63, 3.8) is 0 Å². The third-order valence-corrected chi connectivity index (χ3v) is 5.31. The molecule has 164 valence electrons. The van der Waals surface area contributed by atoms with Crippen LogP contribution in [0.25, 0.3) is 10.9 Å². The van der Waals surface area contributed by atoms with Crippen molar-refractivity contribution in [1.29, 1.82) is 0 Å². The molecule has 2 aromatic heterocycles. The summed E-state index contributed by atoms with van der Waals surface area (Å²) in [5, 5.41) is 4.02. The number of nitrogens with one attached hydrogen (secondary N) is 2. The van der Waals surface area contributed by atoms with Crippen LogP contribution in [0.3, 0.4) is 0 Å². The molecule has 0 aliphatic carbocycles. The lowest BCUT2D eigenvalue weighted by atomic mass is 9.91. The van der Waals surface area contributed by atoms with E-state index in [4.69, 9.17) is 13.9 Å². The van der Waals surface area contributed by atoms with E-state index in [-0.39, 0.29) is 29.6 Å². The SMILES string of the molecule is COc1ccc([C@H](CNC(=O)COc2coc(C)cc2=O)c2c[nH]c3ccccc23)cc1. The number of methoxy groups -OCH3 is 1. The van der Waals surface area contributed by atoms with Crippen molar-refractivity contribution in [2.75, 3.05) is 20.3 Å². The van der Waals surface area contributed by atoms with Crippen LogP contribution in [0.15, 0.2) is 76.3 Å². The second kappa shape index (κ2) is 9.43. The molecule has 0 unspecified atom stereocenters. The first-order valence-corrected chi connectivity index (χ1v) is 10.2. The van der Waals surface area contributed by atoms with Crippen molar-refractivity contribution >= 4 is 16.8 Å². The quantitative estimate of drug-likeness (QED) is 0.442. The summed E-state index contributed by atoms with van der Waals surface area (Å²) in [6.45, 7) is 1.75. The molecular formula is C25H24N2O5. The third-order valence-electron chi connectivity index (χ3n) is 5.31. The number of carbonyl (C=O) groups is 1. The Morgan fingerprint density at radius 2 is 1.94 bits per heavy atom. The molecular weight excluding hydrogens is 408 g/mol. The number of aromatic amines is 1. The number of hydrogen-bond acceptors (Lipinski definition) is 5. The monoisotopic (exact) mass is 432 g/mol. The molecule has 0 bridgehead atoms. The van der Waals surface area contributed by atoms with E-state index < -0.39 is 0 Å². The van der Waals surface area contributed by atoms with E-state index in [9.17, 15) is 9.59 Å². The van der Waals surface area contributed by atoms with Crippen molar-refractivity contribution < 1.29 is 18.7 Å². The van der Waals surface area contributed by atoms with Gasteiger partial charge in [-0.25, -0.2) is 0 Å². The molecule has 0 spiro atoms. The lowest BCUT2D eigenvalue weighted by Crippen LogP contribution is -2.33. The summed E-state index contributed by atoms with van der Waals surface area (Å²) in [7, 11) is 1.63. The molecule has 7 heteroatoms. The fraction of sp³-hybridized carbons (Fsp3) is 0.200. The van der Waals surface area contributed by atoms with Gasteiger partial charge in [-0.1, -0.05) is 30.3 Å². The average molecular weight is 432 g/mol. The summed E-state index contributed by atoms with van der Waals surface area (Å²) < 4.78 is 15.8. The zero-order chi connectivity index (χ0) is 22.5. The molecule has 7 nitrogen and oxygen atoms in total. The number of aryl methyl sites for hydroxylation is 1. The predicted molar refractivity (Wildman–Crippen MR) is 121 cm³/mol. The van der Waals surface area contributed by atoms with Crippen molar-refractivity contribution in [1.82, 2.24) is 10.3 Å². The summed E-state index contributed by atoms with van der Waals surface area (Å²) in [5.41, 5.74) is 2.82. The molecule has 32 heavy (non-hydrogen) atoms. The van der Waals surface area contributed by atoms with Gasteiger partial charge < -0.3 is 24.2 Å². The highest BCUT2D eigenvalue weighted by Crippen LogP contribution is 2.31. The summed E-state index contributed by atoms with van der Waals surface area (Å²) in [4.78, 5) is 27.7. The second-order valence-electron chi connectivity index (χ2n) is 7.43. The number of H-pyrrole nitrogens is 1. The van der Waals surface area contributed by atoms with Crippen LogP contribution in [0.4, 0.5) is 0 Å². The van der Waals surface area contributed by atoms with Gasteiger partial charge in [0, 0.05) is 35.6 Å². The van der Waals surface area contributed by atoms with Gasteiger partial charge in [-0.2, -0.15) is 0 Å². The van der Waals surface area contributed by atoms with Gasteiger partial charge in [-0.3, -0.25) is 9.59 Å². The standard InChI is InChI=1S/C25H24N2O5/c1-16-11-23(28)24(14-31-16)32-15-25(29)27-12-20(17-7-9-18(30-2)10-8-17)21-13-26-22-6-4-3-5-19(21)22/h3-11,13-14,20,26H,12,15H2,1-2H3,(H,27,29)/t20-/m0/s1. The maximum absolute atomic E-state index is 12.5. The molecule has 0 fully saturated rings. The molecule has 2 heterocycles. The fourth-order valence-corrected chi connectivity index (χ4v) is 3.64. The minimum atomic E-state index is -0.330. The van der Waals surface area contributed by atoms with E-state index >= 15 is 0 Å². The smallest absolute Gasteiger partial charge is 0.257 e. The third kappa shape index (κ3) is 4.67. The normalized spacial score (nSPS) is 11.8. The number of fused-ring (bicyclic) bond motifs is 1. The molecule has 1 amide bonds. The van der Waals surface area contributed by atoms with E-state index in [1.807, 2.05) is 48.7 Å². The molecule has 4 aromatic rings. The van der Waals surface area contributed by atoms with Crippen LogP contribution in [0.1, 0.15) is 22.8 Å². The van der Waals surface area contributed by atoms with Gasteiger partial charge in [0.05, 0.1) is 7.11 Å². The van der Waals surface area contributed by atoms with Crippen LogP contribution in [0, 0.1) is 6.92 Å². The number of benzene rings is 2. The second-order valence-corrected chi connectivity index (χ2v) is 7.43. The Bertz CT molecular complexity index is 1270. The van der Waals surface area contributed by atoms with E-state index in [1.165, 1.54) is 12.3 Å². The van der Waals surface area contributed by atoms with Crippen molar-refractivity contribution in [3.8, 4) is 11.5 Å². The van der Waals surface area contributed by atoms with Crippen molar-refractivity contribution in [2.24, 2.45) is 0 Å². The molecule has 2 aromatic carbocycles. The Morgan fingerprint density at radius 1 is 1.16 bits per heavy atom. The van der Waals surface area contributed by atoms with Crippen LogP contribution in [-0.2, 0) is 4.79 Å². The maximum Gasteiger partial charge on any atom is 0.257 e. The number of hydrogen-bond donors (Lipinski definition) is 2. The van der Waals surface area contributed by atoms with Gasteiger partial charge in [0.1, 0.15) is 17.8 Å². The van der Waals surface area contributed by atoms with Gasteiger partial charge in [0.2, 0.25) is 11.2 Å². The minimum Gasteiger partial charge on any atom is -0.497 e. The summed E-state index contributed by atoms with van der Waals surface area (Å²) in [6.07, 6.45) is 3.19. The van der Waals surface area contributed by atoms with E-state index in [0.29, 0.717) is 12.3 Å². The minimum absolute atomic E-state index is 0.00841. The van der Waals surface area contributed by atoms with Crippen LogP contribution in [0.5, 0.6) is 11.5 Å². The van der Waals surface area contributed by atoms with E-state index in [0.717, 1.165) is 27.8 Å². The zero-order valence-electron chi connectivity index (χ0n) is 17.9. The van der Waals surface area contributed by atoms with Gasteiger partial charge >= 0.3 is 0 Å². The Balaban J connectivity index is 1.51. The van der Waals surface area contributed by atoms with Crippen LogP contribution in [-0.4, -0.2) is 31.2 Å². The fourth-order valence-electron chi connectivity index (χ4n) is 3.64. The van der Waals surface area contributed by atoms with E-state index in [2.05, 4.69) is 16.4 Å². The van der Waals surface area contributed by atoms with Crippen LogP contribution in [0.2, 0.25) is 0 Å². The average Bonchev–Trinajstić information content (AvgIpc) is 3.23. The first-order valence-electron chi connectivity index (χ1n) is 10.2. The number of rotatable bonds is 8. The van der Waals surface area contributed by atoms with Gasteiger partial charge in [0.25, 0.3) is 5.91 Å². The number of carbonyl (C=O) groups excluding carboxylic acids is 1. The maximum atomic E-state index is 12.5. The first-order chi connectivity index (χ1) is 15.5. The molecule has 0 saturated carbocycles. The molecule has 0 aliphatic rings. The van der Waals surface area contributed by atoms with Crippen LogP contribution < -0.4 is 20.2 Å². The topological polar surface area (TPSA) is 93.6 Å². The Kier molecular flexibility index (Phi) is 6.26. The lowest BCUT2D eigenvalue weighted by Gasteiger charge is -2.19. The largest absolute Gasteiger partial charge is 0.497 e. The summed E-state index contributed by atoms with van der Waals surface area (Å²) in [5.74, 6) is 0.830. The Morgan fingerprint density at radius 3 is 2.69 bits per heavy atom. The van der Waals surface area contributed by atoms with Crippen molar-refractivity contribution in [3.05, 3.63) is 94.2 Å². The highest BCUT2D eigenvalue weighted by molar-refractivity contribution is 5.84. The molecule has 2 N–H and O–H groups in total. The zero-order valence-corrected chi connectivity index (χ0v) is 17.9. The summed E-state index contributed by atoms with van der Waals surface area (Å²) in [6, 6.07) is 17.2. The molecule has 4 rings (SSSR count). The van der Waals surface area contributed by atoms with Crippen LogP contribution >= 0.6 is 0 Å². The van der Waals surface area contributed by atoms with E-state index in [1.54, 1.807) is 14.0 Å².